The molecule has 0 aliphatic carbocycles. The molecule has 0 N–H and O–H groups in total. The second-order valence-electron chi connectivity index (χ2n) is 6.38. The van der Waals surface area contributed by atoms with E-state index in [4.69, 9.17) is 0 Å². The molecule has 0 spiro atoms. The number of thiazole rings is 1. The van der Waals surface area contributed by atoms with E-state index in [0.717, 1.165) is 40.5 Å². The zero-order chi connectivity index (χ0) is 18.3. The maximum absolute atomic E-state index is 13.3. The molecule has 26 heavy (non-hydrogen) atoms. The average molecular weight is 409 g/mol. The van der Waals surface area contributed by atoms with Gasteiger partial charge in [0.1, 0.15) is 4.21 Å². The molecule has 1 fully saturated rings. The first kappa shape index (κ1) is 17.8. The van der Waals surface area contributed by atoms with Gasteiger partial charge in [0.05, 0.1) is 27.3 Å². The van der Waals surface area contributed by atoms with E-state index in [-0.39, 0.29) is 6.04 Å². The topological polar surface area (TPSA) is 68.1 Å². The Labute approximate surface area is 161 Å². The van der Waals surface area contributed by atoms with Crippen LogP contribution in [0.1, 0.15) is 36.0 Å². The van der Waals surface area contributed by atoms with Crippen molar-refractivity contribution in [1.82, 2.24) is 19.1 Å². The van der Waals surface area contributed by atoms with Crippen LogP contribution in [0.15, 0.2) is 34.0 Å². The van der Waals surface area contributed by atoms with Gasteiger partial charge in [0.25, 0.3) is 10.0 Å². The highest BCUT2D eigenvalue weighted by atomic mass is 32.2. The first-order chi connectivity index (χ1) is 12.5. The van der Waals surface area contributed by atoms with E-state index < -0.39 is 10.0 Å². The molecule has 0 radical (unpaired) electrons. The maximum atomic E-state index is 13.3. The molecule has 3 aromatic heterocycles. The zero-order valence-corrected chi connectivity index (χ0v) is 17.1. The van der Waals surface area contributed by atoms with E-state index in [2.05, 4.69) is 10.1 Å². The normalized spacial score (nSPS) is 19.1. The summed E-state index contributed by atoms with van der Waals surface area (Å²) in [6.07, 6.45) is 4.46. The largest absolute Gasteiger partial charge is 0.271 e. The summed E-state index contributed by atoms with van der Waals surface area (Å²) in [6.45, 7) is 2.49. The van der Waals surface area contributed by atoms with Gasteiger partial charge in [-0.2, -0.15) is 9.40 Å². The minimum atomic E-state index is -3.55. The van der Waals surface area contributed by atoms with Crippen LogP contribution in [0.4, 0.5) is 0 Å². The summed E-state index contributed by atoms with van der Waals surface area (Å²) >= 11 is 2.87. The minimum Gasteiger partial charge on any atom is -0.271 e. The second kappa shape index (κ2) is 6.88. The SMILES string of the molecule is Cc1nc(-c2ccc(S(=O)(=O)N3CCCCC3c3ccnn3C)s2)cs1. The molecule has 4 rings (SSSR count). The Morgan fingerprint density at radius 2 is 2.08 bits per heavy atom. The van der Waals surface area contributed by atoms with Gasteiger partial charge >= 0.3 is 0 Å². The molecular formula is C17H20N4O2S3. The molecule has 0 aromatic carbocycles. The number of piperidine rings is 1. The van der Waals surface area contributed by atoms with Crippen LogP contribution in [0, 0.1) is 6.92 Å². The van der Waals surface area contributed by atoms with Crippen molar-refractivity contribution in [2.75, 3.05) is 6.54 Å². The van der Waals surface area contributed by atoms with E-state index in [1.165, 1.54) is 11.3 Å². The predicted molar refractivity (Wildman–Crippen MR) is 104 cm³/mol. The van der Waals surface area contributed by atoms with Gasteiger partial charge in [-0.05, 0) is 38.0 Å². The zero-order valence-electron chi connectivity index (χ0n) is 14.6. The lowest BCUT2D eigenvalue weighted by Crippen LogP contribution is -2.38. The third-order valence-electron chi connectivity index (χ3n) is 4.67. The summed E-state index contributed by atoms with van der Waals surface area (Å²) in [7, 11) is -1.68. The summed E-state index contributed by atoms with van der Waals surface area (Å²) in [5.74, 6) is 0. The summed E-state index contributed by atoms with van der Waals surface area (Å²) in [4.78, 5) is 5.36. The highest BCUT2D eigenvalue weighted by Gasteiger charge is 2.36. The van der Waals surface area contributed by atoms with E-state index in [9.17, 15) is 8.42 Å². The lowest BCUT2D eigenvalue weighted by atomic mass is 10.0. The number of sulfonamides is 1. The molecule has 1 atom stereocenters. The van der Waals surface area contributed by atoms with Gasteiger partial charge in [0.15, 0.2) is 0 Å². The molecule has 1 unspecified atom stereocenters. The summed E-state index contributed by atoms with van der Waals surface area (Å²) in [5.41, 5.74) is 1.79. The summed E-state index contributed by atoms with van der Waals surface area (Å²) in [6, 6.07) is 5.32. The molecule has 1 aliphatic heterocycles. The number of thiophene rings is 1. The average Bonchev–Trinajstić information content (AvgIpc) is 3.35. The molecular weight excluding hydrogens is 388 g/mol. The van der Waals surface area contributed by atoms with Crippen LogP contribution in [0.5, 0.6) is 0 Å². The van der Waals surface area contributed by atoms with Crippen molar-refractivity contribution in [3.05, 3.63) is 40.5 Å². The molecule has 1 aliphatic rings. The van der Waals surface area contributed by atoms with Crippen molar-refractivity contribution in [2.24, 2.45) is 7.05 Å². The first-order valence-corrected chi connectivity index (χ1v) is 11.6. The first-order valence-electron chi connectivity index (χ1n) is 8.49. The molecule has 1 saturated heterocycles. The van der Waals surface area contributed by atoms with Crippen molar-refractivity contribution in [3.63, 3.8) is 0 Å². The van der Waals surface area contributed by atoms with Crippen molar-refractivity contribution >= 4 is 32.7 Å². The van der Waals surface area contributed by atoms with Crippen LogP contribution in [-0.2, 0) is 17.1 Å². The Balaban J connectivity index is 1.69. The molecule has 0 bridgehead atoms. The molecule has 0 amide bonds. The fourth-order valence-electron chi connectivity index (χ4n) is 3.39. The minimum absolute atomic E-state index is 0.159. The Morgan fingerprint density at radius 3 is 2.77 bits per heavy atom. The van der Waals surface area contributed by atoms with Gasteiger partial charge in [-0.1, -0.05) is 6.42 Å². The Morgan fingerprint density at radius 1 is 1.23 bits per heavy atom. The predicted octanol–water partition coefficient (Wildman–Crippen LogP) is 3.83. The summed E-state index contributed by atoms with van der Waals surface area (Å²) in [5, 5.41) is 7.16. The summed E-state index contributed by atoms with van der Waals surface area (Å²) < 4.78 is 30.5. The third kappa shape index (κ3) is 3.13. The molecule has 0 saturated carbocycles. The van der Waals surface area contributed by atoms with E-state index in [0.29, 0.717) is 10.8 Å². The lowest BCUT2D eigenvalue weighted by molar-refractivity contribution is 0.246. The highest BCUT2D eigenvalue weighted by Crippen LogP contribution is 2.38. The van der Waals surface area contributed by atoms with Crippen molar-refractivity contribution in [2.45, 2.75) is 36.4 Å². The van der Waals surface area contributed by atoms with Crippen molar-refractivity contribution in [3.8, 4) is 10.6 Å². The van der Waals surface area contributed by atoms with Crippen LogP contribution in [-0.4, -0.2) is 34.0 Å². The van der Waals surface area contributed by atoms with Gasteiger partial charge in [0.2, 0.25) is 0 Å². The number of hydrogen-bond donors (Lipinski definition) is 0. The van der Waals surface area contributed by atoms with Gasteiger partial charge in [-0.3, -0.25) is 4.68 Å². The lowest BCUT2D eigenvalue weighted by Gasteiger charge is -2.34. The van der Waals surface area contributed by atoms with Crippen LogP contribution >= 0.6 is 22.7 Å². The molecule has 138 valence electrons. The molecule has 9 heteroatoms. The van der Waals surface area contributed by atoms with Gasteiger partial charge in [0, 0.05) is 25.2 Å². The van der Waals surface area contributed by atoms with Gasteiger partial charge in [-0.15, -0.1) is 22.7 Å². The Kier molecular flexibility index (Phi) is 4.72. The number of rotatable bonds is 4. The smallest absolute Gasteiger partial charge is 0.253 e. The van der Waals surface area contributed by atoms with E-state index in [1.54, 1.807) is 32.6 Å². The van der Waals surface area contributed by atoms with Crippen molar-refractivity contribution < 1.29 is 8.42 Å². The van der Waals surface area contributed by atoms with E-state index >= 15 is 0 Å². The quantitative estimate of drug-likeness (QED) is 0.658. The number of nitrogens with zero attached hydrogens (tertiary/aromatic N) is 4. The molecule has 3 aromatic rings. The number of aryl methyl sites for hydroxylation is 2. The van der Waals surface area contributed by atoms with Gasteiger partial charge in [-0.25, -0.2) is 13.4 Å². The van der Waals surface area contributed by atoms with Crippen LogP contribution in [0.3, 0.4) is 0 Å². The van der Waals surface area contributed by atoms with Crippen LogP contribution in [0.25, 0.3) is 10.6 Å². The fourth-order valence-corrected chi connectivity index (χ4v) is 7.14. The third-order valence-corrected chi connectivity index (χ3v) is 8.93. The Bertz CT molecular complexity index is 1020. The van der Waals surface area contributed by atoms with Crippen molar-refractivity contribution in [1.29, 1.82) is 0 Å². The Hall–Kier alpha value is -1.55. The molecule has 4 heterocycles. The number of aromatic nitrogens is 3. The second-order valence-corrected chi connectivity index (χ2v) is 10.6. The highest BCUT2D eigenvalue weighted by molar-refractivity contribution is 7.91. The standard InChI is InChI=1S/C17H20N4O2S3/c1-12-19-13(11-24-12)16-6-7-17(25-16)26(22,23)21-10-4-3-5-15(21)14-8-9-18-20(14)2/h6-9,11,15H,3-5,10H2,1-2H3. The van der Waals surface area contributed by atoms with E-state index in [1.807, 2.05) is 31.5 Å². The van der Waals surface area contributed by atoms with Gasteiger partial charge < -0.3 is 0 Å². The monoisotopic (exact) mass is 408 g/mol. The van der Waals surface area contributed by atoms with Crippen LogP contribution < -0.4 is 0 Å². The molecule has 6 nitrogen and oxygen atoms in total. The number of hydrogen-bond acceptors (Lipinski definition) is 6. The van der Waals surface area contributed by atoms with Crippen LogP contribution in [0.2, 0.25) is 0 Å². The maximum Gasteiger partial charge on any atom is 0.253 e. The fraction of sp³-hybridized carbons (Fsp3) is 0.412.